The van der Waals surface area contributed by atoms with Crippen LogP contribution in [0.3, 0.4) is 0 Å². The number of aliphatic carboxylic acids is 1. The summed E-state index contributed by atoms with van der Waals surface area (Å²) in [4.78, 5) is 10.3. The van der Waals surface area contributed by atoms with E-state index in [1.54, 1.807) is 0 Å². The fraction of sp³-hybridized carbons (Fsp3) is 0.571. The summed E-state index contributed by atoms with van der Waals surface area (Å²) in [6.45, 7) is 1.43. The average molecular weight is 250 g/mol. The summed E-state index contributed by atoms with van der Waals surface area (Å²) in [5, 5.41) is 8.41. The predicted octanol–water partition coefficient (Wildman–Crippen LogP) is 0.530. The number of unbranched alkanes of at least 4 members (excludes halogenated alkanes) is 1. The van der Waals surface area contributed by atoms with Crippen LogP contribution in [0.25, 0.3) is 0 Å². The van der Waals surface area contributed by atoms with Crippen LogP contribution in [0.5, 0.6) is 0 Å². The van der Waals surface area contributed by atoms with Crippen molar-refractivity contribution < 1.29 is 25.7 Å². The van der Waals surface area contributed by atoms with Crippen molar-refractivity contribution in [2.45, 2.75) is 19.8 Å². The number of allylic oxidation sites excluding steroid dienone is 1. The SMILES string of the molecule is CC(=CCCCS(=O)(=O)O)C(=O)O.[Ca+2].[H-].[H-]. The van der Waals surface area contributed by atoms with Gasteiger partial charge in [-0.3, -0.25) is 4.55 Å². The minimum atomic E-state index is -3.92. The first-order valence-corrected chi connectivity index (χ1v) is 5.29. The third-order valence-electron chi connectivity index (χ3n) is 1.39. The molecule has 0 bridgehead atoms. The van der Waals surface area contributed by atoms with E-state index in [2.05, 4.69) is 0 Å². The van der Waals surface area contributed by atoms with E-state index in [1.165, 1.54) is 13.0 Å². The Morgan fingerprint density at radius 3 is 2.36 bits per heavy atom. The molecule has 0 amide bonds. The molecule has 0 spiro atoms. The molecule has 0 aliphatic rings. The molecule has 0 aromatic carbocycles. The Hall–Kier alpha value is 0.380. The maximum absolute atomic E-state index is 10.3. The number of carboxylic acids is 1. The normalized spacial score (nSPS) is 12.0. The van der Waals surface area contributed by atoms with Crippen molar-refractivity contribution in [3.05, 3.63) is 11.6 Å². The van der Waals surface area contributed by atoms with Crippen molar-refractivity contribution in [3.63, 3.8) is 0 Å². The molecule has 0 saturated heterocycles. The van der Waals surface area contributed by atoms with Crippen LogP contribution in [-0.2, 0) is 14.9 Å². The number of carbonyl (C=O) groups is 1. The molecule has 0 radical (unpaired) electrons. The van der Waals surface area contributed by atoms with Gasteiger partial charge in [0.1, 0.15) is 0 Å². The van der Waals surface area contributed by atoms with Gasteiger partial charge in [-0.25, -0.2) is 4.79 Å². The number of rotatable bonds is 5. The molecule has 0 saturated carbocycles. The van der Waals surface area contributed by atoms with Crippen LogP contribution in [0.4, 0.5) is 0 Å². The van der Waals surface area contributed by atoms with E-state index in [1.807, 2.05) is 0 Å². The van der Waals surface area contributed by atoms with Gasteiger partial charge < -0.3 is 7.96 Å². The summed E-state index contributed by atoms with van der Waals surface area (Å²) in [5.41, 5.74) is 0.176. The molecule has 14 heavy (non-hydrogen) atoms. The van der Waals surface area contributed by atoms with Crippen LogP contribution >= 0.6 is 0 Å². The zero-order chi connectivity index (χ0) is 10.5. The molecular weight excluding hydrogens is 236 g/mol. The smallest absolute Gasteiger partial charge is 1.00 e. The Morgan fingerprint density at radius 2 is 2.00 bits per heavy atom. The topological polar surface area (TPSA) is 91.7 Å². The van der Waals surface area contributed by atoms with Crippen LogP contribution in [0, 0.1) is 0 Å². The quantitative estimate of drug-likeness (QED) is 0.321. The van der Waals surface area contributed by atoms with E-state index in [9.17, 15) is 13.2 Å². The third-order valence-corrected chi connectivity index (χ3v) is 2.20. The monoisotopic (exact) mass is 250 g/mol. The molecule has 0 aliphatic carbocycles. The van der Waals surface area contributed by atoms with Gasteiger partial charge in [0.25, 0.3) is 10.1 Å². The molecule has 5 nitrogen and oxygen atoms in total. The molecular formula is C7H14CaO5S. The van der Waals surface area contributed by atoms with E-state index in [4.69, 9.17) is 9.66 Å². The van der Waals surface area contributed by atoms with Gasteiger partial charge in [-0.2, -0.15) is 8.42 Å². The van der Waals surface area contributed by atoms with Gasteiger partial charge in [-0.15, -0.1) is 0 Å². The molecule has 2 N–H and O–H groups in total. The molecule has 0 fully saturated rings. The van der Waals surface area contributed by atoms with Crippen molar-refractivity contribution in [2.75, 3.05) is 5.75 Å². The van der Waals surface area contributed by atoms with Gasteiger partial charge in [0, 0.05) is 5.57 Å². The second-order valence-electron chi connectivity index (χ2n) is 2.62. The summed E-state index contributed by atoms with van der Waals surface area (Å²) < 4.78 is 28.8. The Balaban J connectivity index is -0.000000240. The molecule has 0 aromatic rings. The first kappa shape index (κ1) is 16.8. The van der Waals surface area contributed by atoms with Gasteiger partial charge in [0.05, 0.1) is 5.75 Å². The fourth-order valence-electron chi connectivity index (χ4n) is 0.672. The van der Waals surface area contributed by atoms with E-state index < -0.39 is 16.1 Å². The van der Waals surface area contributed by atoms with Crippen molar-refractivity contribution in [1.29, 1.82) is 0 Å². The van der Waals surface area contributed by atoms with Gasteiger partial charge in [0.2, 0.25) is 0 Å². The van der Waals surface area contributed by atoms with Gasteiger partial charge in [0.15, 0.2) is 0 Å². The van der Waals surface area contributed by atoms with Gasteiger partial charge >= 0.3 is 43.7 Å². The largest absolute Gasteiger partial charge is 2.00 e. The number of hydrogen-bond donors (Lipinski definition) is 2. The van der Waals surface area contributed by atoms with Gasteiger partial charge in [-0.05, 0) is 19.8 Å². The van der Waals surface area contributed by atoms with Crippen molar-refractivity contribution >= 4 is 53.8 Å². The van der Waals surface area contributed by atoms with Crippen LogP contribution in [0.2, 0.25) is 0 Å². The molecule has 0 aliphatic heterocycles. The maximum atomic E-state index is 10.3. The molecule has 80 valence electrons. The molecule has 0 rings (SSSR count). The van der Waals surface area contributed by atoms with Crippen molar-refractivity contribution in [2.24, 2.45) is 0 Å². The Labute approximate surface area is 116 Å². The van der Waals surface area contributed by atoms with Crippen LogP contribution < -0.4 is 0 Å². The van der Waals surface area contributed by atoms with Crippen molar-refractivity contribution in [3.8, 4) is 0 Å². The summed E-state index contributed by atoms with van der Waals surface area (Å²) in [6.07, 6.45) is 1.98. The first-order chi connectivity index (χ1) is 5.83. The minimum Gasteiger partial charge on any atom is -1.00 e. The second-order valence-corrected chi connectivity index (χ2v) is 4.19. The van der Waals surface area contributed by atoms with E-state index >= 15 is 0 Å². The number of hydrogen-bond acceptors (Lipinski definition) is 3. The molecule has 0 heterocycles. The summed E-state index contributed by atoms with van der Waals surface area (Å²) in [5.74, 6) is -1.36. The summed E-state index contributed by atoms with van der Waals surface area (Å²) >= 11 is 0. The molecule has 0 atom stereocenters. The molecule has 0 aromatic heterocycles. The Morgan fingerprint density at radius 1 is 1.50 bits per heavy atom. The van der Waals surface area contributed by atoms with Gasteiger partial charge in [-0.1, -0.05) is 6.08 Å². The standard InChI is InChI=1S/C7H12O5S.Ca.2H/c1-6(7(8)9)4-2-3-5-13(10,11)12;;;/h4H,2-3,5H2,1H3,(H,8,9)(H,10,11,12);;;/q;+2;2*-1. The second kappa shape index (κ2) is 7.64. The van der Waals surface area contributed by atoms with E-state index in [0.29, 0.717) is 6.42 Å². The predicted molar refractivity (Wildman–Crippen MR) is 55.0 cm³/mol. The van der Waals surface area contributed by atoms with Crippen LogP contribution in [-0.4, -0.2) is 67.5 Å². The molecule has 0 unspecified atom stereocenters. The first-order valence-electron chi connectivity index (χ1n) is 3.68. The van der Waals surface area contributed by atoms with Crippen LogP contribution in [0.15, 0.2) is 11.6 Å². The number of carboxylic acid groups (broad SMARTS) is 1. The van der Waals surface area contributed by atoms with E-state index in [0.717, 1.165) is 0 Å². The Kier molecular flexibility index (Phi) is 9.17. The summed E-state index contributed by atoms with van der Waals surface area (Å²) in [6, 6.07) is 0. The Bertz CT molecular complexity index is 315. The fourth-order valence-corrected chi connectivity index (χ4v) is 1.20. The summed E-state index contributed by atoms with van der Waals surface area (Å²) in [7, 11) is -3.92. The minimum absolute atomic E-state index is 0. The maximum Gasteiger partial charge on any atom is 2.00 e. The van der Waals surface area contributed by atoms with Crippen molar-refractivity contribution in [1.82, 2.24) is 0 Å². The van der Waals surface area contributed by atoms with E-state index in [-0.39, 0.29) is 58.3 Å². The third kappa shape index (κ3) is 10.5. The zero-order valence-electron chi connectivity index (χ0n) is 9.93. The average Bonchev–Trinajstić information content (AvgIpc) is 1.95. The van der Waals surface area contributed by atoms with Crippen LogP contribution in [0.1, 0.15) is 22.6 Å². The zero-order valence-corrected chi connectivity index (χ0v) is 11.0. The molecule has 7 heteroatoms.